The maximum absolute atomic E-state index is 13.6. The van der Waals surface area contributed by atoms with Crippen LogP contribution in [0.5, 0.6) is 5.75 Å². The zero-order chi connectivity index (χ0) is 24.1. The number of rotatable bonds is 8. The van der Waals surface area contributed by atoms with E-state index in [2.05, 4.69) is 11.4 Å². The summed E-state index contributed by atoms with van der Waals surface area (Å²) in [6.07, 6.45) is 1.13. The molecule has 178 valence electrons. The summed E-state index contributed by atoms with van der Waals surface area (Å²) in [6, 6.07) is 19.5. The van der Waals surface area contributed by atoms with Crippen molar-refractivity contribution >= 4 is 23.2 Å². The Bertz CT molecular complexity index is 1130. The van der Waals surface area contributed by atoms with E-state index in [-0.39, 0.29) is 30.4 Å². The van der Waals surface area contributed by atoms with Crippen molar-refractivity contribution in [2.45, 2.75) is 45.7 Å². The lowest BCUT2D eigenvalue weighted by Crippen LogP contribution is -2.49. The van der Waals surface area contributed by atoms with Gasteiger partial charge in [-0.3, -0.25) is 9.59 Å². The lowest BCUT2D eigenvalue weighted by molar-refractivity contribution is -0.143. The van der Waals surface area contributed by atoms with Gasteiger partial charge in [-0.25, -0.2) is 0 Å². The number of aryl methyl sites for hydroxylation is 1. The van der Waals surface area contributed by atoms with Crippen LogP contribution in [0.4, 0.5) is 0 Å². The zero-order valence-corrected chi connectivity index (χ0v) is 20.9. The van der Waals surface area contributed by atoms with Gasteiger partial charge in [-0.2, -0.15) is 0 Å². The van der Waals surface area contributed by atoms with Crippen LogP contribution in [0.3, 0.4) is 0 Å². The van der Waals surface area contributed by atoms with Crippen molar-refractivity contribution in [1.82, 2.24) is 9.80 Å². The Hall–Kier alpha value is -3.12. The Morgan fingerprint density at radius 2 is 1.82 bits per heavy atom. The molecule has 2 heterocycles. The molecule has 6 heteroatoms. The van der Waals surface area contributed by atoms with Crippen molar-refractivity contribution in [3.63, 3.8) is 0 Å². The highest BCUT2D eigenvalue weighted by molar-refractivity contribution is 7.10. The van der Waals surface area contributed by atoms with Gasteiger partial charge in [-0.1, -0.05) is 48.5 Å². The lowest BCUT2D eigenvalue weighted by Gasteiger charge is -2.37. The lowest BCUT2D eigenvalue weighted by atomic mass is 10.00. The van der Waals surface area contributed by atoms with Gasteiger partial charge in [0.25, 0.3) is 0 Å². The smallest absolute Gasteiger partial charge is 0.242 e. The largest absolute Gasteiger partial charge is 0.491 e. The summed E-state index contributed by atoms with van der Waals surface area (Å²) in [6.45, 7) is 7.04. The van der Waals surface area contributed by atoms with Crippen LogP contribution in [0.15, 0.2) is 66.0 Å². The van der Waals surface area contributed by atoms with E-state index in [0.717, 1.165) is 28.9 Å². The van der Waals surface area contributed by atoms with Crippen molar-refractivity contribution in [1.29, 1.82) is 0 Å². The Labute approximate surface area is 206 Å². The minimum Gasteiger partial charge on any atom is -0.491 e. The Kier molecular flexibility index (Phi) is 7.68. The number of fused-ring (bicyclic) bond motifs is 1. The Balaban J connectivity index is 1.50. The molecule has 0 radical (unpaired) electrons. The molecule has 0 saturated heterocycles. The van der Waals surface area contributed by atoms with E-state index < -0.39 is 0 Å². The molecule has 1 aliphatic rings. The minimum absolute atomic E-state index is 0.0320. The van der Waals surface area contributed by atoms with Gasteiger partial charge in [0, 0.05) is 17.5 Å². The number of para-hydroxylation sites is 1. The predicted octanol–water partition coefficient (Wildman–Crippen LogP) is 5.04. The second-order valence-corrected chi connectivity index (χ2v) is 10.0. The molecule has 3 aromatic rings. The first-order chi connectivity index (χ1) is 16.4. The van der Waals surface area contributed by atoms with Gasteiger partial charge in [0.05, 0.1) is 12.5 Å². The number of thiophene rings is 1. The topological polar surface area (TPSA) is 49.9 Å². The molecule has 0 unspecified atom stereocenters. The van der Waals surface area contributed by atoms with Crippen LogP contribution in [0.25, 0.3) is 0 Å². The van der Waals surface area contributed by atoms with Crippen LogP contribution in [0, 0.1) is 6.92 Å². The van der Waals surface area contributed by atoms with Crippen molar-refractivity contribution in [3.8, 4) is 5.75 Å². The predicted molar refractivity (Wildman–Crippen MR) is 136 cm³/mol. The molecule has 1 atom stereocenters. The fourth-order valence-electron chi connectivity index (χ4n) is 4.43. The summed E-state index contributed by atoms with van der Waals surface area (Å²) in [5, 5.41) is 2.09. The third-order valence-electron chi connectivity index (χ3n) is 6.35. The Morgan fingerprint density at radius 3 is 2.56 bits per heavy atom. The van der Waals surface area contributed by atoms with E-state index >= 15 is 0 Å². The standard InChI is InChI=1S/C28H32N2O3S/c1-20(2)30(27(31)17-22-10-5-4-6-11-22)18-28(32)29-15-13-26-23(14-16-34-26)24(29)19-33-25-12-8-7-9-21(25)3/h4-12,14,16,20,24H,13,15,17-19H2,1-3H3/t24-/m1/s1. The normalized spacial score (nSPS) is 15.2. The molecule has 1 aromatic heterocycles. The van der Waals surface area contributed by atoms with Crippen LogP contribution in [-0.2, 0) is 22.4 Å². The summed E-state index contributed by atoms with van der Waals surface area (Å²) in [5.41, 5.74) is 3.18. The summed E-state index contributed by atoms with van der Waals surface area (Å²) in [7, 11) is 0. The SMILES string of the molecule is Cc1ccccc1OC[C@@H]1c2ccsc2CCN1C(=O)CN(C(=O)Cc1ccccc1)C(C)C. The number of benzene rings is 2. The molecule has 1 aliphatic heterocycles. The van der Waals surface area contributed by atoms with Gasteiger partial charge in [-0.05, 0) is 61.4 Å². The maximum Gasteiger partial charge on any atom is 0.242 e. The molecule has 0 bridgehead atoms. The molecule has 2 aromatic carbocycles. The monoisotopic (exact) mass is 476 g/mol. The quantitative estimate of drug-likeness (QED) is 0.458. The van der Waals surface area contributed by atoms with Gasteiger partial charge >= 0.3 is 0 Å². The summed E-state index contributed by atoms with van der Waals surface area (Å²) < 4.78 is 6.19. The molecule has 0 N–H and O–H groups in total. The minimum atomic E-state index is -0.166. The Morgan fingerprint density at radius 1 is 1.09 bits per heavy atom. The van der Waals surface area contributed by atoms with Gasteiger partial charge < -0.3 is 14.5 Å². The van der Waals surface area contributed by atoms with Crippen LogP contribution >= 0.6 is 11.3 Å². The van der Waals surface area contributed by atoms with Crippen LogP contribution < -0.4 is 4.74 Å². The molecule has 0 fully saturated rings. The van der Waals surface area contributed by atoms with Crippen LogP contribution in [0.1, 0.15) is 41.5 Å². The molecule has 0 aliphatic carbocycles. The first-order valence-electron chi connectivity index (χ1n) is 11.8. The fourth-order valence-corrected chi connectivity index (χ4v) is 5.36. The van der Waals surface area contributed by atoms with Gasteiger partial charge in [0.2, 0.25) is 11.8 Å². The highest BCUT2D eigenvalue weighted by atomic mass is 32.1. The number of hydrogen-bond acceptors (Lipinski definition) is 4. The van der Waals surface area contributed by atoms with E-state index in [9.17, 15) is 9.59 Å². The van der Waals surface area contributed by atoms with Gasteiger partial charge in [0.1, 0.15) is 18.9 Å². The third-order valence-corrected chi connectivity index (χ3v) is 7.35. The number of ether oxygens (including phenoxy) is 1. The summed E-state index contributed by atoms with van der Waals surface area (Å²) >= 11 is 1.73. The molecule has 2 amide bonds. The average Bonchev–Trinajstić information content (AvgIpc) is 3.31. The van der Waals surface area contributed by atoms with Gasteiger partial charge in [-0.15, -0.1) is 11.3 Å². The second-order valence-electron chi connectivity index (χ2n) is 9.01. The molecule has 0 spiro atoms. The number of carbonyl (C=O) groups excluding carboxylic acids is 2. The van der Waals surface area contributed by atoms with E-state index in [0.29, 0.717) is 19.6 Å². The van der Waals surface area contributed by atoms with Crippen molar-refractivity contribution in [3.05, 3.63) is 87.6 Å². The number of carbonyl (C=O) groups is 2. The van der Waals surface area contributed by atoms with Crippen molar-refractivity contribution in [2.75, 3.05) is 19.7 Å². The van der Waals surface area contributed by atoms with Gasteiger partial charge in [0.15, 0.2) is 0 Å². The van der Waals surface area contributed by atoms with E-state index in [1.165, 1.54) is 4.88 Å². The first kappa shape index (κ1) is 24.0. The number of hydrogen-bond donors (Lipinski definition) is 0. The van der Waals surface area contributed by atoms with E-state index in [1.807, 2.05) is 80.3 Å². The third kappa shape index (κ3) is 5.50. The van der Waals surface area contributed by atoms with Crippen molar-refractivity contribution in [2.24, 2.45) is 0 Å². The van der Waals surface area contributed by atoms with E-state index in [4.69, 9.17) is 4.74 Å². The zero-order valence-electron chi connectivity index (χ0n) is 20.1. The maximum atomic E-state index is 13.6. The fraction of sp³-hybridized carbons (Fsp3) is 0.357. The first-order valence-corrected chi connectivity index (χ1v) is 12.7. The summed E-state index contributed by atoms with van der Waals surface area (Å²) in [5.74, 6) is 0.764. The second kappa shape index (κ2) is 10.9. The average molecular weight is 477 g/mol. The highest BCUT2D eigenvalue weighted by Gasteiger charge is 2.34. The van der Waals surface area contributed by atoms with Crippen LogP contribution in [-0.4, -0.2) is 47.4 Å². The number of nitrogens with zero attached hydrogens (tertiary/aromatic N) is 2. The van der Waals surface area contributed by atoms with Crippen LogP contribution in [0.2, 0.25) is 0 Å². The van der Waals surface area contributed by atoms with E-state index in [1.54, 1.807) is 16.2 Å². The molecule has 5 nitrogen and oxygen atoms in total. The highest BCUT2D eigenvalue weighted by Crippen LogP contribution is 2.34. The molecular formula is C28H32N2O3S. The van der Waals surface area contributed by atoms with Crippen molar-refractivity contribution < 1.29 is 14.3 Å². The molecule has 0 saturated carbocycles. The summed E-state index contributed by atoms with van der Waals surface area (Å²) in [4.78, 5) is 31.6. The molecular weight excluding hydrogens is 444 g/mol. The molecule has 4 rings (SSSR count). The number of amides is 2. The molecule has 34 heavy (non-hydrogen) atoms.